The van der Waals surface area contributed by atoms with Crippen LogP contribution < -0.4 is 11.1 Å². The lowest BCUT2D eigenvalue weighted by Crippen LogP contribution is -2.28. The van der Waals surface area contributed by atoms with Gasteiger partial charge < -0.3 is 11.1 Å². The Morgan fingerprint density at radius 3 is 2.90 bits per heavy atom. The van der Waals surface area contributed by atoms with E-state index in [0.29, 0.717) is 13.1 Å². The number of amides is 1. The third kappa shape index (κ3) is 3.50. The largest absolute Gasteiger partial charge is 0.368 e. The Morgan fingerprint density at radius 1 is 1.45 bits per heavy atom. The predicted octanol–water partition coefficient (Wildman–Crippen LogP) is 0.204. The molecule has 0 bridgehead atoms. The molecule has 0 radical (unpaired) electrons. The topological polar surface area (TPSA) is 112 Å². The first-order chi connectivity index (χ1) is 9.56. The molecule has 20 heavy (non-hydrogen) atoms. The molecule has 0 saturated heterocycles. The summed E-state index contributed by atoms with van der Waals surface area (Å²) in [6.07, 6.45) is 3.31. The minimum absolute atomic E-state index is 0.109. The van der Waals surface area contributed by atoms with E-state index in [2.05, 4.69) is 25.6 Å². The van der Waals surface area contributed by atoms with E-state index in [1.807, 2.05) is 13.8 Å². The Bertz CT molecular complexity index is 579. The summed E-state index contributed by atoms with van der Waals surface area (Å²) in [7, 11) is 0. The molecule has 0 aliphatic carbocycles. The molecule has 0 saturated carbocycles. The summed E-state index contributed by atoms with van der Waals surface area (Å²) in [5.41, 5.74) is 6.64. The van der Waals surface area contributed by atoms with Gasteiger partial charge in [-0.15, -0.1) is 5.10 Å². The third-order valence-electron chi connectivity index (χ3n) is 2.69. The van der Waals surface area contributed by atoms with Gasteiger partial charge in [0.05, 0.1) is 12.7 Å². The molecular weight excluding hydrogens is 258 g/mol. The Morgan fingerprint density at radius 2 is 2.25 bits per heavy atom. The fourth-order valence-electron chi connectivity index (χ4n) is 1.62. The van der Waals surface area contributed by atoms with E-state index in [1.165, 1.54) is 0 Å². The van der Waals surface area contributed by atoms with Gasteiger partial charge in [-0.3, -0.25) is 9.48 Å². The van der Waals surface area contributed by atoms with Gasteiger partial charge in [-0.05, 0) is 12.0 Å². The lowest BCUT2D eigenvalue weighted by Gasteiger charge is -2.08. The molecule has 1 amide bonds. The number of carbonyl (C=O) groups is 1. The van der Waals surface area contributed by atoms with Crippen molar-refractivity contribution in [1.82, 2.24) is 30.3 Å². The molecule has 8 heteroatoms. The van der Waals surface area contributed by atoms with Crippen LogP contribution in [0.4, 0.5) is 5.95 Å². The van der Waals surface area contributed by atoms with Crippen LogP contribution in [0.15, 0.2) is 18.5 Å². The molecule has 8 nitrogen and oxygen atoms in total. The standard InChI is InChI=1S/C12H17N7O/c1-8(2)9-7-10(17-12(13)16-9)11(20)14-3-5-19-6-4-15-18-19/h4,6-8H,3,5H2,1-2H3,(H,14,20)(H2,13,16,17). The summed E-state index contributed by atoms with van der Waals surface area (Å²) >= 11 is 0. The molecule has 3 N–H and O–H groups in total. The Hall–Kier alpha value is -2.51. The predicted molar refractivity (Wildman–Crippen MR) is 72.9 cm³/mol. The van der Waals surface area contributed by atoms with Crippen LogP contribution in [0.5, 0.6) is 0 Å². The highest BCUT2D eigenvalue weighted by atomic mass is 16.1. The maximum absolute atomic E-state index is 12.0. The Kier molecular flexibility index (Phi) is 4.24. The lowest BCUT2D eigenvalue weighted by molar-refractivity contribution is 0.0946. The average molecular weight is 275 g/mol. The van der Waals surface area contributed by atoms with Gasteiger partial charge in [0.1, 0.15) is 5.69 Å². The van der Waals surface area contributed by atoms with Gasteiger partial charge in [-0.25, -0.2) is 9.97 Å². The van der Waals surface area contributed by atoms with Gasteiger partial charge in [0.2, 0.25) is 5.95 Å². The van der Waals surface area contributed by atoms with Gasteiger partial charge in [0.15, 0.2) is 0 Å². The number of rotatable bonds is 5. The van der Waals surface area contributed by atoms with Crippen molar-refractivity contribution in [2.24, 2.45) is 0 Å². The van der Waals surface area contributed by atoms with Crippen LogP contribution in [0.2, 0.25) is 0 Å². The first-order valence-corrected chi connectivity index (χ1v) is 6.33. The molecule has 2 aromatic rings. The van der Waals surface area contributed by atoms with Crippen LogP contribution in [-0.4, -0.2) is 37.4 Å². The van der Waals surface area contributed by atoms with Gasteiger partial charge >= 0.3 is 0 Å². The molecular formula is C12H17N7O. The van der Waals surface area contributed by atoms with Gasteiger partial charge in [0.25, 0.3) is 5.91 Å². The summed E-state index contributed by atoms with van der Waals surface area (Å²) in [5, 5.41) is 10.2. The number of nitrogens with two attached hydrogens (primary N) is 1. The monoisotopic (exact) mass is 275 g/mol. The van der Waals surface area contributed by atoms with Crippen molar-refractivity contribution >= 4 is 11.9 Å². The number of anilines is 1. The minimum Gasteiger partial charge on any atom is -0.368 e. The zero-order valence-corrected chi connectivity index (χ0v) is 11.4. The average Bonchev–Trinajstić information content (AvgIpc) is 2.91. The van der Waals surface area contributed by atoms with E-state index >= 15 is 0 Å². The van der Waals surface area contributed by atoms with Crippen molar-refractivity contribution in [3.63, 3.8) is 0 Å². The maximum atomic E-state index is 12.0. The maximum Gasteiger partial charge on any atom is 0.270 e. The molecule has 2 aromatic heterocycles. The summed E-state index contributed by atoms with van der Waals surface area (Å²) < 4.78 is 1.63. The van der Waals surface area contributed by atoms with Crippen LogP contribution in [-0.2, 0) is 6.54 Å². The van der Waals surface area contributed by atoms with E-state index < -0.39 is 0 Å². The van der Waals surface area contributed by atoms with Crippen molar-refractivity contribution in [3.8, 4) is 0 Å². The van der Waals surface area contributed by atoms with E-state index in [1.54, 1.807) is 23.1 Å². The molecule has 106 valence electrons. The van der Waals surface area contributed by atoms with E-state index in [9.17, 15) is 4.79 Å². The quantitative estimate of drug-likeness (QED) is 0.806. The fourth-order valence-corrected chi connectivity index (χ4v) is 1.62. The van der Waals surface area contributed by atoms with Crippen molar-refractivity contribution in [2.75, 3.05) is 12.3 Å². The Labute approximate surface area is 116 Å². The highest BCUT2D eigenvalue weighted by Gasteiger charge is 2.12. The highest BCUT2D eigenvalue weighted by Crippen LogP contribution is 2.13. The number of hydrogen-bond donors (Lipinski definition) is 2. The van der Waals surface area contributed by atoms with Crippen LogP contribution in [0, 0.1) is 0 Å². The first kappa shape index (κ1) is 13.9. The van der Waals surface area contributed by atoms with E-state index in [4.69, 9.17) is 5.73 Å². The summed E-state index contributed by atoms with van der Waals surface area (Å²) in [4.78, 5) is 20.1. The van der Waals surface area contributed by atoms with Crippen molar-refractivity contribution in [2.45, 2.75) is 26.3 Å². The highest BCUT2D eigenvalue weighted by molar-refractivity contribution is 5.92. The number of carbonyl (C=O) groups excluding carboxylic acids is 1. The van der Waals surface area contributed by atoms with Crippen molar-refractivity contribution in [1.29, 1.82) is 0 Å². The van der Waals surface area contributed by atoms with Crippen LogP contribution >= 0.6 is 0 Å². The smallest absolute Gasteiger partial charge is 0.270 e. The Balaban J connectivity index is 1.98. The molecule has 2 heterocycles. The molecule has 0 spiro atoms. The van der Waals surface area contributed by atoms with Crippen LogP contribution in [0.25, 0.3) is 0 Å². The molecule has 0 aliphatic rings. The lowest BCUT2D eigenvalue weighted by atomic mass is 10.1. The molecule has 0 unspecified atom stereocenters. The molecule has 0 atom stereocenters. The number of aromatic nitrogens is 5. The molecule has 0 aromatic carbocycles. The van der Waals surface area contributed by atoms with E-state index in [0.717, 1.165) is 5.69 Å². The molecule has 0 aliphatic heterocycles. The van der Waals surface area contributed by atoms with Crippen molar-refractivity contribution in [3.05, 3.63) is 29.8 Å². The second kappa shape index (κ2) is 6.09. The van der Waals surface area contributed by atoms with Crippen LogP contribution in [0.3, 0.4) is 0 Å². The zero-order valence-electron chi connectivity index (χ0n) is 11.4. The van der Waals surface area contributed by atoms with Gasteiger partial charge in [0, 0.05) is 18.4 Å². The van der Waals surface area contributed by atoms with E-state index in [-0.39, 0.29) is 23.5 Å². The fraction of sp³-hybridized carbons (Fsp3) is 0.417. The number of nitrogens with one attached hydrogen (secondary N) is 1. The van der Waals surface area contributed by atoms with Crippen molar-refractivity contribution < 1.29 is 4.79 Å². The summed E-state index contributed by atoms with van der Waals surface area (Å²) in [5.74, 6) is 0.0146. The summed E-state index contributed by atoms with van der Waals surface area (Å²) in [6.45, 7) is 4.94. The molecule has 0 fully saturated rings. The molecule has 2 rings (SSSR count). The minimum atomic E-state index is -0.277. The second-order valence-corrected chi connectivity index (χ2v) is 4.61. The SMILES string of the molecule is CC(C)c1cc(C(=O)NCCn2ccnn2)nc(N)n1. The number of nitrogen functional groups attached to an aromatic ring is 1. The summed E-state index contributed by atoms with van der Waals surface area (Å²) in [6, 6.07) is 1.66. The number of nitrogens with zero attached hydrogens (tertiary/aromatic N) is 5. The zero-order chi connectivity index (χ0) is 14.5. The third-order valence-corrected chi connectivity index (χ3v) is 2.69. The second-order valence-electron chi connectivity index (χ2n) is 4.61. The van der Waals surface area contributed by atoms with Crippen LogP contribution in [0.1, 0.15) is 35.9 Å². The normalized spacial score (nSPS) is 10.8. The van der Waals surface area contributed by atoms with Gasteiger partial charge in [-0.1, -0.05) is 19.1 Å². The van der Waals surface area contributed by atoms with Gasteiger partial charge in [-0.2, -0.15) is 0 Å². The first-order valence-electron chi connectivity index (χ1n) is 6.33. The number of hydrogen-bond acceptors (Lipinski definition) is 6.